The first-order valence-electron chi connectivity index (χ1n) is 13.4. The van der Waals surface area contributed by atoms with Crippen molar-refractivity contribution in [1.29, 1.82) is 0 Å². The molecule has 36 heavy (non-hydrogen) atoms. The van der Waals surface area contributed by atoms with E-state index in [0.717, 1.165) is 56.7 Å². The predicted molar refractivity (Wildman–Crippen MR) is 148 cm³/mol. The summed E-state index contributed by atoms with van der Waals surface area (Å²) in [6.07, 6.45) is 4.77. The van der Waals surface area contributed by atoms with Crippen LogP contribution in [0.5, 0.6) is 0 Å². The monoisotopic (exact) mass is 561 g/mol. The molecule has 3 nitrogen and oxygen atoms in total. The number of benzene rings is 2. The fourth-order valence-corrected chi connectivity index (χ4v) is 5.97. The molecule has 1 unspecified atom stereocenters. The van der Waals surface area contributed by atoms with Crippen LogP contribution < -0.4 is 4.90 Å². The summed E-state index contributed by atoms with van der Waals surface area (Å²) in [5.41, 5.74) is 6.12. The van der Waals surface area contributed by atoms with E-state index in [0.29, 0.717) is 11.8 Å². The molecule has 0 N–H and O–H groups in total. The number of pyridine rings is 1. The molecule has 0 bridgehead atoms. The maximum atomic E-state index is 6.40. The van der Waals surface area contributed by atoms with Crippen LogP contribution in [-0.4, -0.2) is 17.1 Å². The summed E-state index contributed by atoms with van der Waals surface area (Å²) in [7, 11) is 0. The van der Waals surface area contributed by atoms with Gasteiger partial charge in [0.25, 0.3) is 0 Å². The van der Waals surface area contributed by atoms with E-state index in [1.807, 2.05) is 12.3 Å². The molecule has 0 radical (unpaired) electrons. The normalized spacial score (nSPS) is 13.7. The van der Waals surface area contributed by atoms with Crippen LogP contribution in [0.4, 0.5) is 5.69 Å². The van der Waals surface area contributed by atoms with E-state index in [-0.39, 0.29) is 11.1 Å². The second-order valence-corrected chi connectivity index (χ2v) is 11.6. The van der Waals surface area contributed by atoms with Crippen LogP contribution in [0.15, 0.2) is 72.9 Å². The van der Waals surface area contributed by atoms with E-state index in [1.165, 1.54) is 22.4 Å². The molecule has 0 fully saturated rings. The topological polar surface area (TPSA) is 25.4 Å². The molecular weight excluding hydrogens is 520 g/mol. The summed E-state index contributed by atoms with van der Waals surface area (Å²) in [6.45, 7) is 17.0. The fraction of sp³-hybridized carbons (Fsp3) is 0.469. The molecule has 0 aliphatic rings. The van der Waals surface area contributed by atoms with Crippen molar-refractivity contribution in [3.05, 3.63) is 95.3 Å². The van der Waals surface area contributed by atoms with Crippen LogP contribution in [0, 0.1) is 0 Å². The first-order chi connectivity index (χ1) is 17.1. The molecule has 0 aliphatic heterocycles. The van der Waals surface area contributed by atoms with Crippen LogP contribution >= 0.6 is 0 Å². The number of para-hydroxylation sites is 1. The molecule has 1 aromatic heterocycles. The Morgan fingerprint density at radius 2 is 1.47 bits per heavy atom. The zero-order chi connectivity index (χ0) is 26.3. The molecule has 1 atom stereocenters. The van der Waals surface area contributed by atoms with Gasteiger partial charge in [-0.25, -0.2) is 0 Å². The Labute approximate surface area is 235 Å². The molecule has 0 saturated heterocycles. The molecule has 0 spiro atoms. The predicted octanol–water partition coefficient (Wildman–Crippen LogP) is 8.33. The molecule has 0 aliphatic carbocycles. The van der Waals surface area contributed by atoms with Gasteiger partial charge in [0.1, 0.15) is 0 Å². The van der Waals surface area contributed by atoms with Crippen molar-refractivity contribution >= 4 is 5.69 Å². The minimum absolute atomic E-state index is 0.192. The number of aromatic nitrogens is 1. The van der Waals surface area contributed by atoms with Crippen molar-refractivity contribution in [2.75, 3.05) is 11.4 Å². The van der Waals surface area contributed by atoms with Crippen molar-refractivity contribution in [2.45, 2.75) is 90.7 Å². The maximum absolute atomic E-state index is 6.40. The quantitative estimate of drug-likeness (QED) is 0.222. The Morgan fingerprint density at radius 3 is 1.97 bits per heavy atom. The van der Waals surface area contributed by atoms with Gasteiger partial charge in [-0.15, -0.1) is 0 Å². The van der Waals surface area contributed by atoms with E-state index in [2.05, 4.69) is 114 Å². The Bertz CT molecular complexity index is 1050. The van der Waals surface area contributed by atoms with E-state index in [9.17, 15) is 0 Å². The number of rotatable bonds is 12. The summed E-state index contributed by atoms with van der Waals surface area (Å²) in [6, 6.07) is 23.9. The Balaban J connectivity index is 2.12. The molecule has 0 saturated carbocycles. The van der Waals surface area contributed by atoms with Crippen LogP contribution in [0.3, 0.4) is 0 Å². The van der Waals surface area contributed by atoms with Crippen molar-refractivity contribution in [3.63, 3.8) is 0 Å². The molecule has 191 valence electrons. The minimum atomic E-state index is -0.288. The van der Waals surface area contributed by atoms with Crippen molar-refractivity contribution < 1.29 is 28.0 Å². The summed E-state index contributed by atoms with van der Waals surface area (Å²) in [5, 5.41) is 0. The van der Waals surface area contributed by atoms with Crippen LogP contribution in [0.2, 0.25) is 0 Å². The Morgan fingerprint density at radius 1 is 0.861 bits per heavy atom. The van der Waals surface area contributed by atoms with Gasteiger partial charge in [0.15, 0.2) is 0 Å². The average molecular weight is 563 g/mol. The third kappa shape index (κ3) is 6.56. The third-order valence-corrected chi connectivity index (χ3v) is 8.66. The number of hydrogen-bond donors (Lipinski definition) is 0. The number of hydrogen-bond acceptors (Lipinski definition) is 3. The zero-order valence-corrected chi connectivity index (χ0v) is 25.7. The second kappa shape index (κ2) is 12.7. The van der Waals surface area contributed by atoms with Gasteiger partial charge in [-0.05, 0) is 0 Å². The van der Waals surface area contributed by atoms with Crippen molar-refractivity contribution in [3.8, 4) is 0 Å². The Hall–Kier alpha value is -1.77. The van der Waals surface area contributed by atoms with Gasteiger partial charge in [-0.2, -0.15) is 0 Å². The molecule has 1 heterocycles. The van der Waals surface area contributed by atoms with E-state index < -0.39 is 0 Å². The third-order valence-electron chi connectivity index (χ3n) is 7.60. The molecule has 0 amide bonds. The van der Waals surface area contributed by atoms with Gasteiger partial charge >= 0.3 is 236 Å². The fourth-order valence-electron chi connectivity index (χ4n) is 5.19. The second-order valence-electron chi connectivity index (χ2n) is 11.1. The molecule has 2 aromatic carbocycles. The van der Waals surface area contributed by atoms with Crippen LogP contribution in [-0.2, 0) is 39.9 Å². The Kier molecular flexibility index (Phi) is 10.1. The number of anilines is 1. The van der Waals surface area contributed by atoms with Crippen LogP contribution in [0.25, 0.3) is 0 Å². The van der Waals surface area contributed by atoms with E-state index >= 15 is 0 Å². The molecular formula is C32H43N2OZr. The average Bonchev–Trinajstić information content (AvgIpc) is 2.88. The first kappa shape index (κ1) is 28.8. The summed E-state index contributed by atoms with van der Waals surface area (Å²) < 4.78 is 6.40. The standard InChI is InChI=1S/C32H43N2O.Zr/c1-8-32(35,23-26-15-10-9-11-16-26)20-22-34(31(6,7)29-19-12-13-21-33-29)30-27(24(2)3)17-14-18-28(30)25(4)5;/h9-19,21,24-25H,8,20,22-23H2,1-7H3;/q-1;+1. The summed E-state index contributed by atoms with van der Waals surface area (Å²) in [5.74, 6) is 0.849. The van der Waals surface area contributed by atoms with Gasteiger partial charge in [0, 0.05) is 0 Å². The van der Waals surface area contributed by atoms with Gasteiger partial charge in [0.05, 0.1) is 0 Å². The van der Waals surface area contributed by atoms with E-state index in [1.54, 1.807) is 0 Å². The zero-order valence-electron chi connectivity index (χ0n) is 23.2. The SMILES string of the molecule is CCC(CCN(c1c(C(C)C)cccc1C(C)C)C(C)(C)c1ccccn1)(Cc1ccccc1)[O][Zr]. The molecule has 4 heteroatoms. The van der Waals surface area contributed by atoms with E-state index in [4.69, 9.17) is 7.80 Å². The van der Waals surface area contributed by atoms with Crippen molar-refractivity contribution in [2.24, 2.45) is 0 Å². The first-order valence-corrected chi connectivity index (χ1v) is 14.4. The molecule has 3 rings (SSSR count). The van der Waals surface area contributed by atoms with Gasteiger partial charge < -0.3 is 0 Å². The number of nitrogens with zero attached hydrogens (tertiary/aromatic N) is 2. The summed E-state index contributed by atoms with van der Waals surface area (Å²) in [4.78, 5) is 7.46. The summed E-state index contributed by atoms with van der Waals surface area (Å²) >= 11 is 1.13. The van der Waals surface area contributed by atoms with Gasteiger partial charge in [0.2, 0.25) is 0 Å². The van der Waals surface area contributed by atoms with Crippen molar-refractivity contribution in [1.82, 2.24) is 4.98 Å². The molecule has 3 aromatic rings. The van der Waals surface area contributed by atoms with Gasteiger partial charge in [-0.1, -0.05) is 0 Å². The van der Waals surface area contributed by atoms with Crippen LogP contribution in [0.1, 0.15) is 95.5 Å². The van der Waals surface area contributed by atoms with Gasteiger partial charge in [-0.3, -0.25) is 0 Å².